The fourth-order valence-electron chi connectivity index (χ4n) is 3.68. The highest BCUT2D eigenvalue weighted by molar-refractivity contribution is 5.74. The molecule has 0 aromatic carbocycles. The molecular formula is C15H22F3N5O. The fourth-order valence-corrected chi connectivity index (χ4v) is 3.68. The number of nitrogens with zero attached hydrogens (tertiary/aromatic N) is 4. The summed E-state index contributed by atoms with van der Waals surface area (Å²) >= 11 is 0. The number of halogens is 3. The van der Waals surface area contributed by atoms with Crippen LogP contribution in [-0.4, -0.2) is 38.3 Å². The maximum Gasteiger partial charge on any atom is 0.451 e. The van der Waals surface area contributed by atoms with Gasteiger partial charge in [-0.15, -0.1) is 10.2 Å². The minimum atomic E-state index is -4.52. The van der Waals surface area contributed by atoms with Gasteiger partial charge in [0.05, 0.1) is 6.54 Å². The molecule has 2 amide bonds. The number of hydrogen-bond donors (Lipinski definition) is 1. The molecule has 0 bridgehead atoms. The van der Waals surface area contributed by atoms with Gasteiger partial charge in [-0.25, -0.2) is 4.79 Å². The van der Waals surface area contributed by atoms with Crippen molar-refractivity contribution in [2.75, 3.05) is 6.54 Å². The standard InChI is InChI=1S/C15H22F3N5O/c1-2-10-5-3-4-6-11(10)19-14(24)22-7-8-23-12(9-22)20-21-13(23)15(16,17)18/h10-11H,2-9H2,1H3,(H,19,24)/t10-,11-/m0/s1. The van der Waals surface area contributed by atoms with E-state index in [9.17, 15) is 18.0 Å². The number of aromatic nitrogens is 3. The average Bonchev–Trinajstić information content (AvgIpc) is 2.98. The van der Waals surface area contributed by atoms with Gasteiger partial charge in [-0.05, 0) is 18.8 Å². The molecule has 0 radical (unpaired) electrons. The molecule has 1 aromatic rings. The van der Waals surface area contributed by atoms with Crippen LogP contribution in [0.15, 0.2) is 0 Å². The predicted octanol–water partition coefficient (Wildman–Crippen LogP) is 2.79. The van der Waals surface area contributed by atoms with Gasteiger partial charge in [-0.2, -0.15) is 13.2 Å². The number of carbonyl (C=O) groups is 1. The molecule has 1 aliphatic carbocycles. The number of amides is 2. The number of nitrogens with one attached hydrogen (secondary N) is 1. The summed E-state index contributed by atoms with van der Waals surface area (Å²) in [7, 11) is 0. The Morgan fingerprint density at radius 3 is 2.71 bits per heavy atom. The summed E-state index contributed by atoms with van der Waals surface area (Å²) < 4.78 is 39.6. The van der Waals surface area contributed by atoms with Gasteiger partial charge in [0.1, 0.15) is 0 Å². The van der Waals surface area contributed by atoms with Crippen LogP contribution in [-0.2, 0) is 19.3 Å². The molecule has 0 unspecified atom stereocenters. The largest absolute Gasteiger partial charge is 0.451 e. The molecular weight excluding hydrogens is 323 g/mol. The van der Waals surface area contributed by atoms with E-state index < -0.39 is 12.0 Å². The lowest BCUT2D eigenvalue weighted by Gasteiger charge is -2.35. The summed E-state index contributed by atoms with van der Waals surface area (Å²) in [4.78, 5) is 14.0. The Bertz CT molecular complexity index is 600. The van der Waals surface area contributed by atoms with Gasteiger partial charge >= 0.3 is 12.2 Å². The summed E-state index contributed by atoms with van der Waals surface area (Å²) in [5, 5.41) is 9.90. The molecule has 1 aliphatic heterocycles. The Balaban J connectivity index is 1.65. The zero-order valence-electron chi connectivity index (χ0n) is 13.6. The minimum absolute atomic E-state index is 0.0540. The third kappa shape index (κ3) is 3.34. The lowest BCUT2D eigenvalue weighted by Crippen LogP contribution is -2.50. The van der Waals surface area contributed by atoms with E-state index in [0.717, 1.165) is 30.3 Å². The normalized spacial score (nSPS) is 24.6. The molecule has 24 heavy (non-hydrogen) atoms. The number of rotatable bonds is 2. The molecule has 134 valence electrons. The number of hydrogen-bond acceptors (Lipinski definition) is 3. The van der Waals surface area contributed by atoms with E-state index >= 15 is 0 Å². The highest BCUT2D eigenvalue weighted by atomic mass is 19.4. The third-order valence-electron chi connectivity index (χ3n) is 5.04. The summed E-state index contributed by atoms with van der Waals surface area (Å²) in [5.41, 5.74) is 0. The number of carbonyl (C=O) groups excluding carboxylic acids is 1. The van der Waals surface area contributed by atoms with Gasteiger partial charge in [-0.3, -0.25) is 0 Å². The molecule has 6 nitrogen and oxygen atoms in total. The van der Waals surface area contributed by atoms with Gasteiger partial charge in [0.15, 0.2) is 5.82 Å². The van der Waals surface area contributed by atoms with Crippen LogP contribution < -0.4 is 5.32 Å². The first-order chi connectivity index (χ1) is 11.4. The number of alkyl halides is 3. The molecule has 2 atom stereocenters. The van der Waals surface area contributed by atoms with Crippen LogP contribution in [0.3, 0.4) is 0 Å². The zero-order valence-corrected chi connectivity index (χ0v) is 13.6. The van der Waals surface area contributed by atoms with E-state index in [4.69, 9.17) is 0 Å². The molecule has 1 fully saturated rings. The van der Waals surface area contributed by atoms with E-state index in [-0.39, 0.29) is 37.5 Å². The second-order valence-electron chi connectivity index (χ2n) is 6.52. The van der Waals surface area contributed by atoms with Gasteiger partial charge in [0.25, 0.3) is 0 Å². The molecule has 3 rings (SSSR count). The Morgan fingerprint density at radius 1 is 1.25 bits per heavy atom. The Kier molecular flexibility index (Phi) is 4.69. The van der Waals surface area contributed by atoms with Crippen molar-refractivity contribution >= 4 is 6.03 Å². The summed E-state index contributed by atoms with van der Waals surface area (Å²) in [5.74, 6) is -0.330. The van der Waals surface area contributed by atoms with Crippen molar-refractivity contribution in [2.45, 2.75) is 64.3 Å². The van der Waals surface area contributed by atoms with Crippen LogP contribution >= 0.6 is 0 Å². The molecule has 0 spiro atoms. The predicted molar refractivity (Wildman–Crippen MR) is 80.0 cm³/mol. The lowest BCUT2D eigenvalue weighted by atomic mass is 9.83. The average molecular weight is 345 g/mol. The van der Waals surface area contributed by atoms with Crippen molar-refractivity contribution in [3.63, 3.8) is 0 Å². The topological polar surface area (TPSA) is 63.1 Å². The second-order valence-corrected chi connectivity index (χ2v) is 6.52. The van der Waals surface area contributed by atoms with Gasteiger partial charge < -0.3 is 14.8 Å². The van der Waals surface area contributed by atoms with E-state index in [0.29, 0.717) is 5.92 Å². The smallest absolute Gasteiger partial charge is 0.335 e. The van der Waals surface area contributed by atoms with Crippen molar-refractivity contribution in [1.82, 2.24) is 25.0 Å². The van der Waals surface area contributed by atoms with Crippen LogP contribution in [0.4, 0.5) is 18.0 Å². The molecule has 0 saturated heterocycles. The highest BCUT2D eigenvalue weighted by Gasteiger charge is 2.40. The first-order valence-electron chi connectivity index (χ1n) is 8.45. The second kappa shape index (κ2) is 6.60. The Hall–Kier alpha value is -1.80. The highest BCUT2D eigenvalue weighted by Crippen LogP contribution is 2.30. The van der Waals surface area contributed by atoms with Gasteiger partial charge in [-0.1, -0.05) is 26.2 Å². The van der Waals surface area contributed by atoms with Crippen LogP contribution in [0.1, 0.15) is 50.7 Å². The van der Waals surface area contributed by atoms with Crippen molar-refractivity contribution in [3.8, 4) is 0 Å². The van der Waals surface area contributed by atoms with E-state index in [1.807, 2.05) is 0 Å². The monoisotopic (exact) mass is 345 g/mol. The first kappa shape index (κ1) is 17.0. The van der Waals surface area contributed by atoms with E-state index in [1.165, 1.54) is 11.3 Å². The van der Waals surface area contributed by atoms with Crippen LogP contribution in [0, 0.1) is 5.92 Å². The van der Waals surface area contributed by atoms with Crippen LogP contribution in [0.2, 0.25) is 0 Å². The molecule has 1 aromatic heterocycles. The van der Waals surface area contributed by atoms with Gasteiger partial charge in [0, 0.05) is 19.1 Å². The number of urea groups is 1. The van der Waals surface area contributed by atoms with E-state index in [1.54, 1.807) is 0 Å². The van der Waals surface area contributed by atoms with Crippen LogP contribution in [0.5, 0.6) is 0 Å². The summed E-state index contributed by atoms with van der Waals surface area (Å²) in [6.07, 6.45) is 0.875. The Morgan fingerprint density at radius 2 is 2.00 bits per heavy atom. The molecule has 1 N–H and O–H groups in total. The number of fused-ring (bicyclic) bond motifs is 1. The SMILES string of the molecule is CC[C@H]1CCCC[C@@H]1NC(=O)N1CCn2c(nnc2C(F)(F)F)C1. The van der Waals surface area contributed by atoms with Crippen LogP contribution in [0.25, 0.3) is 0 Å². The van der Waals surface area contributed by atoms with Crippen molar-refractivity contribution in [3.05, 3.63) is 11.6 Å². The van der Waals surface area contributed by atoms with E-state index in [2.05, 4.69) is 22.4 Å². The minimum Gasteiger partial charge on any atom is -0.335 e. The first-order valence-corrected chi connectivity index (χ1v) is 8.45. The van der Waals surface area contributed by atoms with Crippen molar-refractivity contribution in [2.24, 2.45) is 5.92 Å². The third-order valence-corrected chi connectivity index (χ3v) is 5.04. The lowest BCUT2D eigenvalue weighted by molar-refractivity contribution is -0.147. The summed E-state index contributed by atoms with van der Waals surface area (Å²) in [6, 6.07) is -0.0649. The van der Waals surface area contributed by atoms with Crippen molar-refractivity contribution < 1.29 is 18.0 Å². The summed E-state index contributed by atoms with van der Waals surface area (Å²) in [6.45, 7) is 2.46. The van der Waals surface area contributed by atoms with Crippen molar-refractivity contribution in [1.29, 1.82) is 0 Å². The maximum atomic E-state index is 12.8. The maximum absolute atomic E-state index is 12.8. The molecule has 2 aliphatic rings. The zero-order chi connectivity index (χ0) is 17.3. The molecule has 1 saturated carbocycles. The Labute approximate surface area is 138 Å². The molecule has 9 heteroatoms. The quantitative estimate of drug-likeness (QED) is 0.896. The van der Waals surface area contributed by atoms with Gasteiger partial charge in [0.2, 0.25) is 5.82 Å². The fraction of sp³-hybridized carbons (Fsp3) is 0.800. The molecule has 2 heterocycles.